The summed E-state index contributed by atoms with van der Waals surface area (Å²) in [7, 11) is 1.68. The van der Waals surface area contributed by atoms with Crippen LogP contribution in [0, 0.1) is 5.82 Å². The van der Waals surface area contributed by atoms with Crippen LogP contribution in [-0.2, 0) is 7.05 Å². The van der Waals surface area contributed by atoms with Crippen LogP contribution in [0.15, 0.2) is 36.5 Å². The van der Waals surface area contributed by atoms with Gasteiger partial charge in [0, 0.05) is 23.4 Å². The third-order valence-corrected chi connectivity index (χ3v) is 3.35. The van der Waals surface area contributed by atoms with E-state index < -0.39 is 0 Å². The molecule has 6 nitrogen and oxygen atoms in total. The molecule has 8 heteroatoms. The van der Waals surface area contributed by atoms with Crippen molar-refractivity contribution in [1.29, 1.82) is 0 Å². The standard InChI is InChI=1S/C13H9FIN5O.C2H6/c1-20-18-13(17-19-20)12-5-2-8(7-16-12)10-4-3-9(21-15)6-11(10)14;1-2/h2-7H,1H3;1-2H3. The second-order valence-electron chi connectivity index (χ2n) is 4.25. The van der Waals surface area contributed by atoms with Crippen LogP contribution < -0.4 is 3.07 Å². The maximum Gasteiger partial charge on any atom is 0.223 e. The summed E-state index contributed by atoms with van der Waals surface area (Å²) in [4.78, 5) is 5.60. The van der Waals surface area contributed by atoms with Crippen molar-refractivity contribution in [2.45, 2.75) is 13.8 Å². The molecule has 1 aromatic carbocycles. The Morgan fingerprint density at radius 3 is 2.48 bits per heavy atom. The highest BCUT2D eigenvalue weighted by Gasteiger charge is 2.10. The van der Waals surface area contributed by atoms with Crippen LogP contribution in [0.2, 0.25) is 0 Å². The normalized spacial score (nSPS) is 9.96. The van der Waals surface area contributed by atoms with Gasteiger partial charge in [-0.05, 0) is 23.4 Å². The summed E-state index contributed by atoms with van der Waals surface area (Å²) in [6, 6.07) is 8.18. The lowest BCUT2D eigenvalue weighted by molar-refractivity contribution is 0.618. The minimum Gasteiger partial charge on any atom is -0.428 e. The molecule has 0 spiro atoms. The van der Waals surface area contributed by atoms with E-state index >= 15 is 0 Å². The van der Waals surface area contributed by atoms with E-state index in [1.165, 1.54) is 10.9 Å². The minimum atomic E-state index is -0.364. The van der Waals surface area contributed by atoms with Crippen LogP contribution >= 0.6 is 23.0 Å². The van der Waals surface area contributed by atoms with Crippen molar-refractivity contribution in [2.75, 3.05) is 0 Å². The Kier molecular flexibility index (Phi) is 5.97. The molecule has 0 N–H and O–H groups in total. The van der Waals surface area contributed by atoms with Gasteiger partial charge in [0.25, 0.3) is 0 Å². The first kappa shape index (κ1) is 17.3. The summed E-state index contributed by atoms with van der Waals surface area (Å²) < 4.78 is 19.0. The summed E-state index contributed by atoms with van der Waals surface area (Å²) in [5, 5.41) is 11.7. The van der Waals surface area contributed by atoms with Gasteiger partial charge < -0.3 is 3.07 Å². The number of aromatic nitrogens is 5. The second-order valence-corrected chi connectivity index (χ2v) is 4.69. The van der Waals surface area contributed by atoms with Crippen molar-refractivity contribution in [2.24, 2.45) is 7.05 Å². The molecule has 0 unspecified atom stereocenters. The van der Waals surface area contributed by atoms with Crippen molar-refractivity contribution < 1.29 is 7.46 Å². The van der Waals surface area contributed by atoms with E-state index in [1.54, 1.807) is 60.5 Å². The highest BCUT2D eigenvalue weighted by atomic mass is 127. The second kappa shape index (κ2) is 7.95. The first-order valence-electron chi connectivity index (χ1n) is 6.96. The molecular weight excluding hydrogens is 412 g/mol. The van der Waals surface area contributed by atoms with Crippen LogP contribution in [0.25, 0.3) is 22.6 Å². The highest BCUT2D eigenvalue weighted by molar-refractivity contribution is 14.1. The molecule has 3 rings (SSSR count). The van der Waals surface area contributed by atoms with Crippen LogP contribution in [0.4, 0.5) is 4.39 Å². The van der Waals surface area contributed by atoms with E-state index in [0.717, 1.165) is 0 Å². The van der Waals surface area contributed by atoms with Crippen LogP contribution in [-0.4, -0.2) is 25.2 Å². The molecule has 3 aromatic rings. The Balaban J connectivity index is 0.000000924. The van der Waals surface area contributed by atoms with Crippen molar-refractivity contribution in [1.82, 2.24) is 25.2 Å². The van der Waals surface area contributed by atoms with Crippen molar-refractivity contribution in [3.8, 4) is 28.4 Å². The lowest BCUT2D eigenvalue weighted by Crippen LogP contribution is -1.92. The zero-order chi connectivity index (χ0) is 16.8. The maximum atomic E-state index is 14.0. The summed E-state index contributed by atoms with van der Waals surface area (Å²) in [5.41, 5.74) is 1.71. The van der Waals surface area contributed by atoms with Gasteiger partial charge in [-0.15, -0.1) is 10.2 Å². The summed E-state index contributed by atoms with van der Waals surface area (Å²) in [6.07, 6.45) is 1.58. The Hall–Kier alpha value is -2.10. The Morgan fingerprint density at radius 1 is 1.17 bits per heavy atom. The highest BCUT2D eigenvalue weighted by Crippen LogP contribution is 2.27. The fourth-order valence-corrected chi connectivity index (χ4v) is 2.12. The van der Waals surface area contributed by atoms with Gasteiger partial charge in [0.2, 0.25) is 5.82 Å². The smallest absolute Gasteiger partial charge is 0.223 e. The molecule has 120 valence electrons. The number of halogens is 2. The van der Waals surface area contributed by atoms with Crippen molar-refractivity contribution in [3.05, 3.63) is 42.3 Å². The molecule has 2 heterocycles. The summed E-state index contributed by atoms with van der Waals surface area (Å²) in [5.74, 6) is 0.528. The van der Waals surface area contributed by atoms with Gasteiger partial charge in [-0.3, -0.25) is 4.98 Å². The third-order valence-electron chi connectivity index (χ3n) is 2.84. The first-order chi connectivity index (χ1) is 11.2. The topological polar surface area (TPSA) is 65.7 Å². The monoisotopic (exact) mass is 427 g/mol. The molecule has 0 radical (unpaired) electrons. The molecule has 0 saturated carbocycles. The Labute approximate surface area is 147 Å². The molecule has 23 heavy (non-hydrogen) atoms. The number of aryl methyl sites for hydroxylation is 1. The average molecular weight is 427 g/mol. The quantitative estimate of drug-likeness (QED) is 0.595. The fraction of sp³-hybridized carbons (Fsp3) is 0.200. The van der Waals surface area contributed by atoms with E-state index in [1.807, 2.05) is 13.8 Å². The zero-order valence-electron chi connectivity index (χ0n) is 12.9. The molecule has 2 aromatic heterocycles. The van der Waals surface area contributed by atoms with Crippen LogP contribution in [0.3, 0.4) is 0 Å². The van der Waals surface area contributed by atoms with Crippen molar-refractivity contribution >= 4 is 23.0 Å². The maximum absolute atomic E-state index is 14.0. The van der Waals surface area contributed by atoms with Crippen molar-refractivity contribution in [3.63, 3.8) is 0 Å². The molecule has 0 bridgehead atoms. The molecular formula is C15H15FIN5O. The van der Waals surface area contributed by atoms with Gasteiger partial charge in [-0.1, -0.05) is 19.9 Å². The number of hydrogen-bond donors (Lipinski definition) is 0. The molecule has 0 aliphatic heterocycles. The zero-order valence-corrected chi connectivity index (χ0v) is 15.0. The van der Waals surface area contributed by atoms with Gasteiger partial charge in [0.1, 0.15) is 17.3 Å². The van der Waals surface area contributed by atoms with Gasteiger partial charge in [-0.25, -0.2) is 4.39 Å². The number of rotatable bonds is 3. The van der Waals surface area contributed by atoms with Gasteiger partial charge >= 0.3 is 0 Å². The number of nitrogens with zero attached hydrogens (tertiary/aromatic N) is 5. The predicted molar refractivity (Wildman–Crippen MR) is 93.4 cm³/mol. The van der Waals surface area contributed by atoms with Crippen LogP contribution in [0.1, 0.15) is 13.8 Å². The number of tetrazole rings is 1. The van der Waals surface area contributed by atoms with E-state index in [-0.39, 0.29) is 5.82 Å². The average Bonchev–Trinajstić information content (AvgIpc) is 3.03. The molecule has 0 amide bonds. The minimum absolute atomic E-state index is 0.364. The molecule has 0 aliphatic carbocycles. The predicted octanol–water partition coefficient (Wildman–Crippen LogP) is 3.83. The molecule has 0 atom stereocenters. The lowest BCUT2D eigenvalue weighted by Gasteiger charge is -2.05. The molecule has 0 saturated heterocycles. The lowest BCUT2D eigenvalue weighted by atomic mass is 10.1. The van der Waals surface area contributed by atoms with Gasteiger partial charge in [0.15, 0.2) is 23.0 Å². The van der Waals surface area contributed by atoms with Gasteiger partial charge in [-0.2, -0.15) is 4.80 Å². The summed E-state index contributed by atoms with van der Waals surface area (Å²) in [6.45, 7) is 4.00. The Bertz CT molecular complexity index is 776. The van der Waals surface area contributed by atoms with E-state index in [4.69, 9.17) is 3.07 Å². The molecule has 0 fully saturated rings. The number of pyridine rings is 1. The SMILES string of the molecule is CC.Cn1nnc(-c2ccc(-c3ccc(OI)cc3F)cn2)n1. The molecule has 0 aliphatic rings. The fourth-order valence-electron chi connectivity index (χ4n) is 1.85. The Morgan fingerprint density at radius 2 is 1.96 bits per heavy atom. The first-order valence-corrected chi connectivity index (χ1v) is 7.84. The van der Waals surface area contributed by atoms with E-state index in [9.17, 15) is 4.39 Å². The van der Waals surface area contributed by atoms with E-state index in [2.05, 4.69) is 20.4 Å². The van der Waals surface area contributed by atoms with Gasteiger partial charge in [0.05, 0.1) is 7.05 Å². The number of hydrogen-bond acceptors (Lipinski definition) is 5. The van der Waals surface area contributed by atoms with Crippen LogP contribution in [0.5, 0.6) is 5.75 Å². The largest absolute Gasteiger partial charge is 0.428 e. The number of benzene rings is 1. The van der Waals surface area contributed by atoms with E-state index in [0.29, 0.717) is 28.4 Å². The summed E-state index contributed by atoms with van der Waals surface area (Å²) >= 11 is 1.71. The third kappa shape index (κ3) is 4.01.